The first-order chi connectivity index (χ1) is 5.83. The van der Waals surface area contributed by atoms with Crippen molar-refractivity contribution in [2.75, 3.05) is 12.3 Å². The highest BCUT2D eigenvalue weighted by atomic mass is 16.6. The molecule has 0 amide bonds. The fourth-order valence-corrected chi connectivity index (χ4v) is 0.587. The predicted molar refractivity (Wildman–Crippen MR) is 45.7 cm³/mol. The molecule has 0 saturated carbocycles. The summed E-state index contributed by atoms with van der Waals surface area (Å²) in [5.74, 6) is 0.253. The molecular formula is C7H10N4O. The van der Waals surface area contributed by atoms with Gasteiger partial charge in [-0.2, -0.15) is 0 Å². The van der Waals surface area contributed by atoms with Gasteiger partial charge >= 0.3 is 0 Å². The lowest BCUT2D eigenvalue weighted by molar-refractivity contribution is 0.160. The van der Waals surface area contributed by atoms with Gasteiger partial charge in [0.25, 0.3) is 0 Å². The Morgan fingerprint density at radius 2 is 2.25 bits per heavy atom. The van der Waals surface area contributed by atoms with Gasteiger partial charge in [-0.15, -0.1) is 0 Å². The Hall–Kier alpha value is -1.65. The van der Waals surface area contributed by atoms with Gasteiger partial charge in [0.15, 0.2) is 0 Å². The number of nitrogen functional groups attached to an aromatic ring is 1. The molecule has 1 rings (SSSR count). The minimum atomic E-state index is 0.253. The van der Waals surface area contributed by atoms with Crippen molar-refractivity contribution in [3.63, 3.8) is 0 Å². The quantitative estimate of drug-likeness (QED) is 0.522. The van der Waals surface area contributed by atoms with Crippen LogP contribution in [0.2, 0.25) is 0 Å². The van der Waals surface area contributed by atoms with Crippen LogP contribution in [0, 0.1) is 0 Å². The maximum atomic E-state index is 5.28. The van der Waals surface area contributed by atoms with Crippen LogP contribution in [-0.2, 0) is 4.84 Å². The second-order valence-corrected chi connectivity index (χ2v) is 2.03. The van der Waals surface area contributed by atoms with Crippen LogP contribution in [0.5, 0.6) is 0 Å². The van der Waals surface area contributed by atoms with Crippen molar-refractivity contribution in [2.24, 2.45) is 5.16 Å². The van der Waals surface area contributed by atoms with E-state index in [1.165, 1.54) is 6.21 Å². The van der Waals surface area contributed by atoms with E-state index >= 15 is 0 Å². The molecule has 12 heavy (non-hydrogen) atoms. The smallest absolute Gasteiger partial charge is 0.219 e. The molecule has 0 unspecified atom stereocenters. The van der Waals surface area contributed by atoms with E-state index in [2.05, 4.69) is 15.1 Å². The summed E-state index contributed by atoms with van der Waals surface area (Å²) in [6.07, 6.45) is 4.68. The van der Waals surface area contributed by atoms with Gasteiger partial charge in [0.05, 0.1) is 6.21 Å². The fraction of sp³-hybridized carbons (Fsp3) is 0.286. The van der Waals surface area contributed by atoms with Gasteiger partial charge in [0, 0.05) is 18.0 Å². The number of anilines is 1. The van der Waals surface area contributed by atoms with E-state index in [-0.39, 0.29) is 5.95 Å². The summed E-state index contributed by atoms with van der Waals surface area (Å²) < 4.78 is 0. The number of hydrogen-bond acceptors (Lipinski definition) is 5. The van der Waals surface area contributed by atoms with Crippen molar-refractivity contribution in [3.8, 4) is 0 Å². The second kappa shape index (κ2) is 4.27. The van der Waals surface area contributed by atoms with Crippen LogP contribution in [0.15, 0.2) is 17.5 Å². The van der Waals surface area contributed by atoms with Crippen LogP contribution in [-0.4, -0.2) is 22.8 Å². The largest absolute Gasteiger partial charge is 0.396 e. The van der Waals surface area contributed by atoms with Gasteiger partial charge in [-0.25, -0.2) is 9.97 Å². The Balaban J connectivity index is 2.58. The van der Waals surface area contributed by atoms with Gasteiger partial charge in [-0.05, 0) is 6.92 Å². The third-order valence-corrected chi connectivity index (χ3v) is 1.10. The summed E-state index contributed by atoms with van der Waals surface area (Å²) in [5, 5.41) is 3.64. The van der Waals surface area contributed by atoms with Crippen molar-refractivity contribution in [1.82, 2.24) is 9.97 Å². The molecule has 1 heterocycles. The molecule has 0 atom stereocenters. The lowest BCUT2D eigenvalue weighted by Crippen LogP contribution is -1.95. The predicted octanol–water partition coefficient (Wildman–Crippen LogP) is 0.429. The second-order valence-electron chi connectivity index (χ2n) is 2.03. The average Bonchev–Trinajstić information content (AvgIpc) is 2.09. The highest BCUT2D eigenvalue weighted by Gasteiger charge is 1.88. The van der Waals surface area contributed by atoms with Gasteiger partial charge in [-0.1, -0.05) is 5.16 Å². The maximum Gasteiger partial charge on any atom is 0.219 e. The third kappa shape index (κ3) is 2.53. The molecule has 0 aromatic carbocycles. The molecule has 0 fully saturated rings. The molecular weight excluding hydrogens is 156 g/mol. The number of rotatable bonds is 3. The molecule has 1 aromatic rings. The Bertz CT molecular complexity index is 257. The summed E-state index contributed by atoms with van der Waals surface area (Å²) in [7, 11) is 0. The zero-order valence-electron chi connectivity index (χ0n) is 6.77. The number of oxime groups is 1. The van der Waals surface area contributed by atoms with Crippen LogP contribution in [0.4, 0.5) is 5.95 Å². The Morgan fingerprint density at radius 1 is 1.58 bits per heavy atom. The summed E-state index contributed by atoms with van der Waals surface area (Å²) in [5.41, 5.74) is 6.05. The van der Waals surface area contributed by atoms with Crippen LogP contribution in [0.25, 0.3) is 0 Å². The minimum absolute atomic E-state index is 0.253. The molecule has 0 radical (unpaired) electrons. The van der Waals surface area contributed by atoms with Crippen LogP contribution >= 0.6 is 0 Å². The average molecular weight is 166 g/mol. The fourth-order valence-electron chi connectivity index (χ4n) is 0.587. The Morgan fingerprint density at radius 3 is 2.83 bits per heavy atom. The summed E-state index contributed by atoms with van der Waals surface area (Å²) in [6, 6.07) is 0. The van der Waals surface area contributed by atoms with Gasteiger partial charge in [0.2, 0.25) is 5.95 Å². The molecule has 5 nitrogen and oxygen atoms in total. The monoisotopic (exact) mass is 166 g/mol. The molecule has 2 N–H and O–H groups in total. The van der Waals surface area contributed by atoms with E-state index in [4.69, 9.17) is 10.6 Å². The van der Waals surface area contributed by atoms with E-state index in [0.29, 0.717) is 6.61 Å². The molecule has 64 valence electrons. The zero-order valence-corrected chi connectivity index (χ0v) is 6.77. The van der Waals surface area contributed by atoms with Crippen LogP contribution in [0.3, 0.4) is 0 Å². The summed E-state index contributed by atoms with van der Waals surface area (Å²) >= 11 is 0. The first-order valence-electron chi connectivity index (χ1n) is 3.55. The van der Waals surface area contributed by atoms with Crippen molar-refractivity contribution >= 4 is 12.2 Å². The Labute approximate surface area is 70.3 Å². The maximum absolute atomic E-state index is 5.28. The minimum Gasteiger partial charge on any atom is -0.396 e. The summed E-state index contributed by atoms with van der Waals surface area (Å²) in [4.78, 5) is 12.3. The molecule has 0 aliphatic heterocycles. The molecule has 0 aliphatic rings. The highest BCUT2D eigenvalue weighted by molar-refractivity contribution is 5.78. The van der Waals surface area contributed by atoms with Crippen molar-refractivity contribution in [3.05, 3.63) is 18.0 Å². The lowest BCUT2D eigenvalue weighted by atomic mass is 10.4. The Kier molecular flexibility index (Phi) is 3.01. The van der Waals surface area contributed by atoms with E-state index < -0.39 is 0 Å². The zero-order chi connectivity index (χ0) is 8.81. The number of nitrogens with zero attached hydrogens (tertiary/aromatic N) is 3. The molecule has 0 saturated heterocycles. The number of nitrogens with two attached hydrogens (primary N) is 1. The van der Waals surface area contributed by atoms with Crippen molar-refractivity contribution in [2.45, 2.75) is 6.92 Å². The highest BCUT2D eigenvalue weighted by Crippen LogP contribution is 1.92. The topological polar surface area (TPSA) is 73.4 Å². The SMILES string of the molecule is CCO/N=C/c1cnc(N)nc1. The normalized spacial score (nSPS) is 10.4. The van der Waals surface area contributed by atoms with Gasteiger partial charge in [-0.3, -0.25) is 0 Å². The van der Waals surface area contributed by atoms with Crippen molar-refractivity contribution < 1.29 is 4.84 Å². The summed E-state index contributed by atoms with van der Waals surface area (Å²) in [6.45, 7) is 2.41. The third-order valence-electron chi connectivity index (χ3n) is 1.10. The molecule has 0 bridgehead atoms. The van der Waals surface area contributed by atoms with E-state index in [0.717, 1.165) is 5.56 Å². The van der Waals surface area contributed by atoms with Crippen LogP contribution in [0.1, 0.15) is 12.5 Å². The molecule has 1 aromatic heterocycles. The first kappa shape index (κ1) is 8.45. The number of aromatic nitrogens is 2. The molecule has 5 heteroatoms. The van der Waals surface area contributed by atoms with Crippen molar-refractivity contribution in [1.29, 1.82) is 0 Å². The molecule has 0 spiro atoms. The van der Waals surface area contributed by atoms with Crippen LogP contribution < -0.4 is 5.73 Å². The van der Waals surface area contributed by atoms with E-state index in [1.807, 2.05) is 6.92 Å². The van der Waals surface area contributed by atoms with Gasteiger partial charge < -0.3 is 10.6 Å². The van der Waals surface area contributed by atoms with E-state index in [9.17, 15) is 0 Å². The molecule has 0 aliphatic carbocycles. The standard InChI is InChI=1S/C7H10N4O/c1-2-12-11-5-6-3-9-7(8)10-4-6/h3-5H,2H2,1H3,(H2,8,9,10)/b11-5+. The van der Waals surface area contributed by atoms with Gasteiger partial charge in [0.1, 0.15) is 6.61 Å². The van der Waals surface area contributed by atoms with E-state index in [1.54, 1.807) is 12.4 Å². The lowest BCUT2D eigenvalue weighted by Gasteiger charge is -1.92. The number of hydrogen-bond donors (Lipinski definition) is 1. The first-order valence-corrected chi connectivity index (χ1v) is 3.55.